The first-order chi connectivity index (χ1) is 42.5. The van der Waals surface area contributed by atoms with Crippen molar-refractivity contribution in [2.75, 3.05) is 0 Å². The van der Waals surface area contributed by atoms with Gasteiger partial charge in [-0.1, -0.05) is 158 Å². The summed E-state index contributed by atoms with van der Waals surface area (Å²) in [6.07, 6.45) is -14.8. The maximum absolute atomic E-state index is 13.1. The Labute approximate surface area is 544 Å². The predicted molar refractivity (Wildman–Crippen MR) is 318 cm³/mol. The summed E-state index contributed by atoms with van der Waals surface area (Å²) in [5.74, 6) is -2.09. The first-order valence-corrected chi connectivity index (χ1v) is 30.7. The molecule has 0 bridgehead atoms. The van der Waals surface area contributed by atoms with E-state index >= 15 is 0 Å². The second kappa shape index (κ2) is 37.5. The van der Waals surface area contributed by atoms with Gasteiger partial charge in [-0.05, 0) is 53.8 Å². The Kier molecular flexibility index (Phi) is 34.1. The topological polar surface area (TPSA) is 220 Å². The highest BCUT2D eigenvalue weighted by Crippen LogP contribution is 2.35. The van der Waals surface area contributed by atoms with Gasteiger partial charge in [-0.2, -0.15) is 84.6 Å². The molecule has 0 aromatic carbocycles. The largest absolute Gasteiger partial charge is 0.471 e. The van der Waals surface area contributed by atoms with Gasteiger partial charge >= 0.3 is 36.8 Å². The molecule has 0 fully saturated rings. The van der Waals surface area contributed by atoms with Gasteiger partial charge in [-0.25, -0.2) is 19.3 Å². The Morgan fingerprint density at radius 3 is 1.22 bits per heavy atom. The molecule has 0 radical (unpaired) electrons. The average molecular weight is 1420 g/mol. The van der Waals surface area contributed by atoms with Gasteiger partial charge in [-0.3, -0.25) is 19.9 Å². The van der Waals surface area contributed by atoms with E-state index in [-0.39, 0.29) is 47.0 Å². The van der Waals surface area contributed by atoms with Gasteiger partial charge in [0, 0.05) is 54.1 Å². The van der Waals surface area contributed by atoms with Crippen molar-refractivity contribution in [3.05, 3.63) is 131 Å². The van der Waals surface area contributed by atoms with Gasteiger partial charge in [0.15, 0.2) is 5.82 Å². The van der Waals surface area contributed by atoms with Crippen LogP contribution in [-0.2, 0) is 30.9 Å². The zero-order valence-electron chi connectivity index (χ0n) is 53.8. The Hall–Kier alpha value is -6.56. The van der Waals surface area contributed by atoms with Crippen molar-refractivity contribution in [3.63, 3.8) is 0 Å². The van der Waals surface area contributed by atoms with Gasteiger partial charge in [0.05, 0.1) is 40.7 Å². The van der Waals surface area contributed by atoms with Crippen LogP contribution in [0.25, 0.3) is 0 Å². The highest BCUT2D eigenvalue weighted by molar-refractivity contribution is 7.11. The molecule has 8 heterocycles. The van der Waals surface area contributed by atoms with E-state index in [1.54, 1.807) is 87.8 Å². The molecule has 37 heteroatoms. The maximum atomic E-state index is 13.1. The van der Waals surface area contributed by atoms with Gasteiger partial charge in [0.25, 0.3) is 5.82 Å². The lowest BCUT2D eigenvalue weighted by Crippen LogP contribution is -2.08. The summed E-state index contributed by atoms with van der Waals surface area (Å²) in [4.78, 5) is 33.9. The molecule has 0 spiro atoms. The second-order valence-electron chi connectivity index (χ2n) is 22.1. The lowest BCUT2D eigenvalue weighted by molar-refractivity contribution is -0.159. The van der Waals surface area contributed by atoms with E-state index in [9.17, 15) is 70.2 Å². The van der Waals surface area contributed by atoms with Crippen molar-refractivity contribution in [3.8, 4) is 0 Å². The number of alkyl halides is 15. The summed E-state index contributed by atoms with van der Waals surface area (Å²) in [6, 6.07) is 0.475. The summed E-state index contributed by atoms with van der Waals surface area (Å²) in [5.41, 5.74) is 2.01. The van der Waals surface area contributed by atoms with E-state index in [1.165, 1.54) is 11.5 Å². The molecule has 0 atom stereocenters. The van der Waals surface area contributed by atoms with E-state index in [0.29, 0.717) is 62.4 Å². The van der Waals surface area contributed by atoms with Gasteiger partial charge in [0.2, 0.25) is 16.7 Å². The fraction of sp³-hybridized carbons (Fsp3) is 0.589. The molecule has 0 aliphatic rings. The van der Waals surface area contributed by atoms with Crippen molar-refractivity contribution in [2.24, 2.45) is 0 Å². The lowest BCUT2D eigenvalue weighted by atomic mass is 10.1. The molecule has 8 aromatic heterocycles. The smallest absolute Gasteiger partial charge is 0.339 e. The van der Waals surface area contributed by atoms with Crippen LogP contribution >= 0.6 is 46.0 Å². The fourth-order valence-corrected chi connectivity index (χ4v) is 7.66. The van der Waals surface area contributed by atoms with Crippen LogP contribution in [0.5, 0.6) is 0 Å². The first-order valence-electron chi connectivity index (χ1n) is 27.9. The van der Waals surface area contributed by atoms with Crippen LogP contribution in [0.3, 0.4) is 0 Å². The molecular weight excluding hydrogens is 1350 g/mol. The first kappa shape index (κ1) is 84.5. The third-order valence-electron chi connectivity index (χ3n) is 10.6. The maximum Gasteiger partial charge on any atom is 0.471 e. The number of hydrogen-bond donors (Lipinski definition) is 0. The van der Waals surface area contributed by atoms with E-state index in [1.807, 2.05) is 13.1 Å². The van der Waals surface area contributed by atoms with Crippen LogP contribution in [0, 0.1) is 12.7 Å². The number of halogens is 17. The second-order valence-corrected chi connectivity index (χ2v) is 25.1. The molecule has 8 aromatic rings. The van der Waals surface area contributed by atoms with Crippen molar-refractivity contribution >= 4 is 46.0 Å². The Morgan fingerprint density at radius 1 is 0.419 bits per heavy atom. The fourth-order valence-electron chi connectivity index (χ4n) is 5.40. The molecule has 0 unspecified atom stereocenters. The molecule has 0 saturated carbocycles. The number of rotatable bonds is 9. The minimum Gasteiger partial charge on any atom is -0.339 e. The average Bonchev–Trinajstić information content (AvgIpc) is 1.87. The third kappa shape index (κ3) is 31.5. The summed E-state index contributed by atoms with van der Waals surface area (Å²) < 4.78 is 208. The third-order valence-corrected chi connectivity index (χ3v) is 14.1. The molecule has 0 saturated heterocycles. The zero-order chi connectivity index (χ0) is 71.9. The normalized spacial score (nSPS) is 11.9. The standard InChI is InChI=1S/C9H9F4N.C8H14N2S.C8H12N2.C7H9ClN2.2C6H7F3N2O.2C6H7F3N2S/c1-5(2)8-7(10)3-6(4-14-8)9(11,12)13;1-5(2)7-9-8(6(3)4)11-10-7;1-6(2)8-5-9-7(3)4-10-8;1-5(2)6-3-10-7(8)4-9-6;1-3(2)4-10-5(11-12-4)6(7,8)9;1-3(2)4-10-5(12-11-4)6(7,8)9;1-3(2)4-10-11-5(12-4)6(7,8)9;1-3(2)4-10-5(11-12-4)6(7,8)9/h3-5H,1-2H3;5-6H,1-4H3;4-6H,1-3H3;3-5H,1-2H3;4*3H,1-2H3. The molecular formula is C56H72ClF16N15O2S3. The van der Waals surface area contributed by atoms with Crippen molar-refractivity contribution < 1.29 is 79.3 Å². The summed E-state index contributed by atoms with van der Waals surface area (Å²) >= 11 is 8.47. The van der Waals surface area contributed by atoms with E-state index < -0.39 is 64.8 Å². The minimum absolute atomic E-state index is 0.00130. The molecule has 0 N–H and O–H groups in total. The van der Waals surface area contributed by atoms with Crippen LogP contribution in [0.4, 0.5) is 70.2 Å². The van der Waals surface area contributed by atoms with Crippen LogP contribution in [0.15, 0.2) is 46.1 Å². The number of pyridine rings is 1. The molecule has 0 aliphatic heterocycles. The van der Waals surface area contributed by atoms with Crippen molar-refractivity contribution in [2.45, 2.75) is 216 Å². The van der Waals surface area contributed by atoms with Crippen molar-refractivity contribution in [1.82, 2.24) is 74.1 Å². The number of aromatic nitrogens is 15. The predicted octanol–water partition coefficient (Wildman–Crippen LogP) is 20.1. The molecule has 0 aliphatic carbocycles. The SMILES string of the molecule is CC(C)c1cnc(Cl)cn1.CC(C)c1nc(C(F)(F)F)no1.CC(C)c1nc(C(F)(F)F)ns1.CC(C)c1ncc(C(F)(F)F)cc1F.CC(C)c1nnc(C(F)(F)F)s1.CC(C)c1noc(C(F)(F)F)n1.CC(C)c1nsc(C(C)C)n1.Cc1cnc(C(C)C)cn1. The minimum atomic E-state index is -4.54. The van der Waals surface area contributed by atoms with E-state index in [4.69, 9.17) is 11.6 Å². The zero-order valence-corrected chi connectivity index (χ0v) is 57.0. The van der Waals surface area contributed by atoms with Gasteiger partial charge in [-0.15, -0.1) is 10.2 Å². The summed E-state index contributed by atoms with van der Waals surface area (Å²) in [6.45, 7) is 36.0. The van der Waals surface area contributed by atoms with E-state index in [2.05, 4.69) is 139 Å². The quantitative estimate of drug-likeness (QED) is 0.123. The molecule has 0 amide bonds. The Morgan fingerprint density at radius 2 is 0.925 bits per heavy atom. The monoisotopic (exact) mass is 1420 g/mol. The highest BCUT2D eigenvalue weighted by Gasteiger charge is 2.40. The highest BCUT2D eigenvalue weighted by atomic mass is 35.5. The Balaban J connectivity index is 0.000000532. The molecule has 520 valence electrons. The van der Waals surface area contributed by atoms with Crippen LogP contribution < -0.4 is 0 Å². The van der Waals surface area contributed by atoms with E-state index in [0.717, 1.165) is 39.4 Å². The number of hydrogen-bond acceptors (Lipinski definition) is 20. The van der Waals surface area contributed by atoms with Crippen molar-refractivity contribution in [1.29, 1.82) is 0 Å². The number of aryl methyl sites for hydroxylation is 1. The summed E-state index contributed by atoms with van der Waals surface area (Å²) in [7, 11) is 0. The lowest BCUT2D eigenvalue weighted by Gasteiger charge is -2.09. The summed E-state index contributed by atoms with van der Waals surface area (Å²) in [5, 5.41) is 14.0. The molecule has 17 nitrogen and oxygen atoms in total. The van der Waals surface area contributed by atoms with Crippen LogP contribution in [0.1, 0.15) is 261 Å². The molecule has 93 heavy (non-hydrogen) atoms. The number of nitrogens with zero attached hydrogens (tertiary/aromatic N) is 15. The Bertz CT molecular complexity index is 3080. The van der Waals surface area contributed by atoms with Gasteiger partial charge < -0.3 is 9.05 Å². The van der Waals surface area contributed by atoms with Crippen LogP contribution in [0.2, 0.25) is 5.15 Å². The van der Waals surface area contributed by atoms with Crippen LogP contribution in [-0.4, -0.2) is 74.1 Å². The van der Waals surface area contributed by atoms with Gasteiger partial charge in [0.1, 0.15) is 31.8 Å². The molecule has 8 rings (SSSR count).